The van der Waals surface area contributed by atoms with E-state index in [4.69, 9.17) is 16.3 Å². The maximum absolute atomic E-state index is 12.6. The number of likely N-dealkylation sites (tertiary alicyclic amines) is 1. The minimum atomic E-state index is -3.75. The van der Waals surface area contributed by atoms with Crippen molar-refractivity contribution >= 4 is 45.2 Å². The van der Waals surface area contributed by atoms with Crippen LogP contribution >= 0.6 is 11.6 Å². The van der Waals surface area contributed by atoms with E-state index >= 15 is 0 Å². The molecule has 0 radical (unpaired) electrons. The van der Waals surface area contributed by atoms with Crippen molar-refractivity contribution in [3.63, 3.8) is 0 Å². The van der Waals surface area contributed by atoms with Gasteiger partial charge in [-0.3, -0.25) is 9.59 Å². The number of carbonyl (C=O) groups is 3. The largest absolute Gasteiger partial charge is 0.450 e. The quantitative estimate of drug-likeness (QED) is 0.739. The first-order valence-corrected chi connectivity index (χ1v) is 11.7. The standard InChI is InChI=1S/C19H24ClN3O6S/c1-3-29-19(26)22-8-6-13(7-9-22)21-17(24)15-5-4-14(10-16(15)20)23-18(25)12(2)11-30(23,27)28/h4-5,10,12-13H,3,6-9,11H2,1-2H3,(H,21,24)/t12-/m1/s1. The van der Waals surface area contributed by atoms with Gasteiger partial charge in [0.25, 0.3) is 5.91 Å². The van der Waals surface area contributed by atoms with Crippen molar-refractivity contribution in [1.29, 1.82) is 0 Å². The summed E-state index contributed by atoms with van der Waals surface area (Å²) in [5, 5.41) is 2.94. The summed E-state index contributed by atoms with van der Waals surface area (Å²) < 4.78 is 30.2. The second-order valence-electron chi connectivity index (χ2n) is 7.38. The maximum Gasteiger partial charge on any atom is 0.409 e. The Morgan fingerprint density at radius 2 is 1.93 bits per heavy atom. The number of ether oxygens (including phenoxy) is 1. The maximum atomic E-state index is 12.6. The SMILES string of the molecule is CCOC(=O)N1CCC(NC(=O)c2ccc(N3C(=O)[C@H](C)CS3(=O)=O)cc2Cl)CC1. The Morgan fingerprint density at radius 1 is 1.27 bits per heavy atom. The minimum Gasteiger partial charge on any atom is -0.450 e. The molecule has 1 aromatic carbocycles. The summed E-state index contributed by atoms with van der Waals surface area (Å²) in [6.07, 6.45) is 0.804. The first kappa shape index (κ1) is 22.4. The van der Waals surface area contributed by atoms with Crippen LogP contribution in [0.25, 0.3) is 0 Å². The van der Waals surface area contributed by atoms with Gasteiger partial charge in [0.05, 0.1) is 34.6 Å². The highest BCUT2D eigenvalue weighted by atomic mass is 35.5. The highest BCUT2D eigenvalue weighted by Crippen LogP contribution is 2.31. The van der Waals surface area contributed by atoms with Crippen molar-refractivity contribution in [3.8, 4) is 0 Å². The molecule has 2 heterocycles. The molecule has 0 bridgehead atoms. The van der Waals surface area contributed by atoms with Gasteiger partial charge in [-0.25, -0.2) is 17.5 Å². The fourth-order valence-electron chi connectivity index (χ4n) is 3.59. The van der Waals surface area contributed by atoms with E-state index in [-0.39, 0.29) is 34.2 Å². The predicted octanol–water partition coefficient (Wildman–Crippen LogP) is 2.00. The normalized spacial score (nSPS) is 21.6. The molecule has 2 saturated heterocycles. The summed E-state index contributed by atoms with van der Waals surface area (Å²) in [5.41, 5.74) is 0.305. The van der Waals surface area contributed by atoms with E-state index in [2.05, 4.69) is 5.32 Å². The van der Waals surface area contributed by atoms with Gasteiger partial charge in [-0.15, -0.1) is 0 Å². The van der Waals surface area contributed by atoms with Crippen LogP contribution in [0, 0.1) is 5.92 Å². The molecule has 0 aromatic heterocycles. The van der Waals surface area contributed by atoms with E-state index < -0.39 is 27.8 Å². The van der Waals surface area contributed by atoms with Gasteiger partial charge < -0.3 is 15.0 Å². The number of hydrogen-bond donors (Lipinski definition) is 1. The van der Waals surface area contributed by atoms with E-state index in [1.165, 1.54) is 18.2 Å². The summed E-state index contributed by atoms with van der Waals surface area (Å²) in [6.45, 7) is 4.56. The molecule has 0 spiro atoms. The molecule has 0 saturated carbocycles. The second kappa shape index (κ2) is 8.81. The molecular weight excluding hydrogens is 434 g/mol. The average Bonchev–Trinajstić information content (AvgIpc) is 2.89. The summed E-state index contributed by atoms with van der Waals surface area (Å²) in [7, 11) is -3.75. The Kier molecular flexibility index (Phi) is 6.56. The molecule has 0 unspecified atom stereocenters. The summed E-state index contributed by atoms with van der Waals surface area (Å²) in [5.74, 6) is -1.80. The molecule has 2 fully saturated rings. The average molecular weight is 458 g/mol. The minimum absolute atomic E-state index is 0.0523. The number of anilines is 1. The number of rotatable bonds is 4. The van der Waals surface area contributed by atoms with Crippen LogP contribution in [-0.4, -0.2) is 62.7 Å². The Morgan fingerprint density at radius 3 is 2.47 bits per heavy atom. The van der Waals surface area contributed by atoms with E-state index in [9.17, 15) is 22.8 Å². The van der Waals surface area contributed by atoms with Crippen LogP contribution in [0.5, 0.6) is 0 Å². The van der Waals surface area contributed by atoms with Crippen LogP contribution in [0.3, 0.4) is 0 Å². The van der Waals surface area contributed by atoms with Gasteiger partial charge in [0.1, 0.15) is 0 Å². The number of amides is 3. The molecule has 0 aliphatic carbocycles. The zero-order valence-corrected chi connectivity index (χ0v) is 18.3. The monoisotopic (exact) mass is 457 g/mol. The molecule has 2 aliphatic rings. The van der Waals surface area contributed by atoms with Crippen molar-refractivity contribution in [1.82, 2.24) is 10.2 Å². The van der Waals surface area contributed by atoms with Gasteiger partial charge in [-0.2, -0.15) is 0 Å². The van der Waals surface area contributed by atoms with E-state index in [1.54, 1.807) is 18.7 Å². The topological polar surface area (TPSA) is 113 Å². The molecule has 30 heavy (non-hydrogen) atoms. The van der Waals surface area contributed by atoms with Gasteiger partial charge >= 0.3 is 6.09 Å². The van der Waals surface area contributed by atoms with E-state index in [0.717, 1.165) is 4.31 Å². The number of benzene rings is 1. The fourth-order valence-corrected chi connectivity index (χ4v) is 5.66. The lowest BCUT2D eigenvalue weighted by Crippen LogP contribution is -2.46. The molecule has 1 aromatic rings. The van der Waals surface area contributed by atoms with Crippen molar-refractivity contribution in [3.05, 3.63) is 28.8 Å². The van der Waals surface area contributed by atoms with Gasteiger partial charge in [-0.05, 0) is 38.0 Å². The Hall–Kier alpha value is -2.33. The highest BCUT2D eigenvalue weighted by Gasteiger charge is 2.42. The third kappa shape index (κ3) is 4.54. The van der Waals surface area contributed by atoms with Gasteiger partial charge in [0.2, 0.25) is 15.9 Å². The Labute approximate surface area is 180 Å². The molecule has 2 aliphatic heterocycles. The van der Waals surface area contributed by atoms with E-state index in [0.29, 0.717) is 32.5 Å². The number of nitrogens with one attached hydrogen (secondary N) is 1. The zero-order valence-electron chi connectivity index (χ0n) is 16.8. The van der Waals surface area contributed by atoms with Crippen molar-refractivity contribution in [2.75, 3.05) is 29.8 Å². The summed E-state index contributed by atoms with van der Waals surface area (Å²) in [4.78, 5) is 38.2. The van der Waals surface area contributed by atoms with Crippen LogP contribution in [0.1, 0.15) is 37.0 Å². The third-order valence-corrected chi connectivity index (χ3v) is 7.33. The number of carbonyl (C=O) groups excluding carboxylic acids is 3. The Bertz CT molecular complexity index is 959. The number of hydrogen-bond acceptors (Lipinski definition) is 6. The molecule has 1 atom stereocenters. The molecular formula is C19H24ClN3O6S. The first-order valence-electron chi connectivity index (χ1n) is 9.73. The van der Waals surface area contributed by atoms with Crippen LogP contribution in [-0.2, 0) is 19.6 Å². The van der Waals surface area contributed by atoms with Crippen LogP contribution in [0.4, 0.5) is 10.5 Å². The summed E-state index contributed by atoms with van der Waals surface area (Å²) in [6, 6.07) is 4.00. The van der Waals surface area contributed by atoms with E-state index in [1.807, 2.05) is 0 Å². The van der Waals surface area contributed by atoms with Crippen molar-refractivity contribution in [2.24, 2.45) is 5.92 Å². The van der Waals surface area contributed by atoms with Gasteiger partial charge in [-0.1, -0.05) is 18.5 Å². The lowest BCUT2D eigenvalue weighted by molar-refractivity contribution is -0.119. The molecule has 11 heteroatoms. The van der Waals surface area contributed by atoms with Gasteiger partial charge in [0.15, 0.2) is 0 Å². The number of nitrogens with zero attached hydrogens (tertiary/aromatic N) is 2. The molecule has 164 valence electrons. The first-order chi connectivity index (χ1) is 14.1. The van der Waals surface area contributed by atoms with Crippen LogP contribution in [0.15, 0.2) is 18.2 Å². The molecule has 3 amide bonds. The van der Waals surface area contributed by atoms with Crippen molar-refractivity contribution < 1.29 is 27.5 Å². The number of sulfonamides is 1. The highest BCUT2D eigenvalue weighted by molar-refractivity contribution is 7.94. The molecule has 9 nitrogen and oxygen atoms in total. The smallest absolute Gasteiger partial charge is 0.409 e. The van der Waals surface area contributed by atoms with Gasteiger partial charge in [0, 0.05) is 19.1 Å². The molecule has 3 rings (SSSR count). The van der Waals surface area contributed by atoms with Crippen molar-refractivity contribution in [2.45, 2.75) is 32.7 Å². The third-order valence-electron chi connectivity index (χ3n) is 5.15. The Balaban J connectivity index is 1.65. The second-order valence-corrected chi connectivity index (χ2v) is 9.65. The molecule has 1 N–H and O–H groups in total. The predicted molar refractivity (Wildman–Crippen MR) is 111 cm³/mol. The fraction of sp³-hybridized carbons (Fsp3) is 0.526. The number of halogens is 1. The lowest BCUT2D eigenvalue weighted by atomic mass is 10.0. The summed E-state index contributed by atoms with van der Waals surface area (Å²) >= 11 is 6.23. The van der Waals surface area contributed by atoms with Crippen LogP contribution in [0.2, 0.25) is 5.02 Å². The zero-order chi connectivity index (χ0) is 22.1. The van der Waals surface area contributed by atoms with Crippen LogP contribution < -0.4 is 9.62 Å². The number of piperidine rings is 1. The lowest BCUT2D eigenvalue weighted by Gasteiger charge is -2.31.